The topological polar surface area (TPSA) is 48.7 Å². The largest absolute Gasteiger partial charge is 0.378 e. The third kappa shape index (κ3) is 3.90. The first-order chi connectivity index (χ1) is 13.1. The maximum absolute atomic E-state index is 4.80. The maximum atomic E-state index is 4.80. The van der Waals surface area contributed by atoms with Crippen molar-refractivity contribution in [1.29, 1.82) is 0 Å². The second-order valence-corrected chi connectivity index (χ2v) is 7.70. The molecule has 3 heterocycles. The highest BCUT2D eigenvalue weighted by Crippen LogP contribution is 2.25. The van der Waals surface area contributed by atoms with Crippen molar-refractivity contribution >= 4 is 17.2 Å². The summed E-state index contributed by atoms with van der Waals surface area (Å²) in [6.07, 6.45) is 4.40. The molecule has 0 saturated carbocycles. The zero-order chi connectivity index (χ0) is 18.8. The lowest BCUT2D eigenvalue weighted by molar-refractivity contribution is 0.226. The van der Waals surface area contributed by atoms with Crippen LogP contribution in [0.25, 0.3) is 16.9 Å². The highest BCUT2D eigenvalue weighted by molar-refractivity contribution is 5.68. The number of aromatic nitrogens is 3. The van der Waals surface area contributed by atoms with Crippen LogP contribution < -0.4 is 10.2 Å². The third-order valence-electron chi connectivity index (χ3n) is 5.43. The van der Waals surface area contributed by atoms with Crippen molar-refractivity contribution in [2.24, 2.45) is 5.92 Å². The first-order valence-electron chi connectivity index (χ1n) is 9.65. The zero-order valence-electron chi connectivity index (χ0n) is 16.4. The van der Waals surface area contributed by atoms with Gasteiger partial charge < -0.3 is 15.1 Å². The molecule has 0 aliphatic carbocycles. The van der Waals surface area contributed by atoms with Crippen LogP contribution in [0.15, 0.2) is 42.6 Å². The summed E-state index contributed by atoms with van der Waals surface area (Å²) in [7, 11) is 6.30. The summed E-state index contributed by atoms with van der Waals surface area (Å²) >= 11 is 0. The molecule has 3 aromatic rings. The lowest BCUT2D eigenvalue weighted by Crippen LogP contribution is -2.33. The molecule has 1 aromatic carbocycles. The number of nitrogens with one attached hydrogen (secondary N) is 1. The molecule has 1 aliphatic heterocycles. The Morgan fingerprint density at radius 1 is 1.15 bits per heavy atom. The monoisotopic (exact) mass is 364 g/mol. The van der Waals surface area contributed by atoms with Crippen molar-refractivity contribution in [3.63, 3.8) is 0 Å². The maximum Gasteiger partial charge on any atom is 0.154 e. The Bertz CT molecular complexity index is 908. The summed E-state index contributed by atoms with van der Waals surface area (Å²) in [4.78, 5) is 9.03. The highest BCUT2D eigenvalue weighted by Gasteiger charge is 2.16. The number of nitrogens with zero attached hydrogens (tertiary/aromatic N) is 5. The van der Waals surface area contributed by atoms with Gasteiger partial charge in [-0.05, 0) is 63.2 Å². The zero-order valence-corrected chi connectivity index (χ0v) is 16.4. The summed E-state index contributed by atoms with van der Waals surface area (Å²) in [5, 5.41) is 8.34. The molecule has 0 amide bonds. The van der Waals surface area contributed by atoms with Gasteiger partial charge in [-0.3, -0.25) is 0 Å². The van der Waals surface area contributed by atoms with E-state index in [9.17, 15) is 0 Å². The molecular weight excluding hydrogens is 336 g/mol. The molecule has 142 valence electrons. The van der Waals surface area contributed by atoms with E-state index in [0.717, 1.165) is 35.2 Å². The highest BCUT2D eigenvalue weighted by atomic mass is 15.3. The van der Waals surface area contributed by atoms with E-state index in [0.29, 0.717) is 0 Å². The second-order valence-electron chi connectivity index (χ2n) is 7.70. The van der Waals surface area contributed by atoms with Crippen molar-refractivity contribution in [2.75, 3.05) is 51.0 Å². The van der Waals surface area contributed by atoms with Gasteiger partial charge in [-0.2, -0.15) is 0 Å². The second kappa shape index (κ2) is 7.56. The summed E-state index contributed by atoms with van der Waals surface area (Å²) in [6, 6.07) is 12.5. The van der Waals surface area contributed by atoms with Crippen molar-refractivity contribution < 1.29 is 0 Å². The van der Waals surface area contributed by atoms with E-state index in [1.165, 1.54) is 31.6 Å². The normalized spacial score (nSPS) is 16.0. The lowest BCUT2D eigenvalue weighted by Gasteiger charge is -2.29. The van der Waals surface area contributed by atoms with Gasteiger partial charge in [0.05, 0.1) is 11.9 Å². The smallest absolute Gasteiger partial charge is 0.154 e. The van der Waals surface area contributed by atoms with Gasteiger partial charge in [-0.1, -0.05) is 12.1 Å². The predicted molar refractivity (Wildman–Crippen MR) is 111 cm³/mol. The first kappa shape index (κ1) is 17.8. The molecule has 0 bridgehead atoms. The molecule has 6 heteroatoms. The molecule has 27 heavy (non-hydrogen) atoms. The number of rotatable bonds is 5. The number of anilines is 2. The van der Waals surface area contributed by atoms with Crippen molar-refractivity contribution in [1.82, 2.24) is 19.5 Å². The molecule has 1 N–H and O–H groups in total. The van der Waals surface area contributed by atoms with Crippen LogP contribution in [0.2, 0.25) is 0 Å². The summed E-state index contributed by atoms with van der Waals surface area (Å²) in [5.41, 5.74) is 4.16. The Hall–Kier alpha value is -2.60. The average molecular weight is 364 g/mol. The average Bonchev–Trinajstić information content (AvgIpc) is 3.11. The fourth-order valence-electron chi connectivity index (χ4n) is 3.62. The number of imidazole rings is 1. The van der Waals surface area contributed by atoms with Crippen LogP contribution in [0, 0.1) is 5.92 Å². The molecule has 6 nitrogen and oxygen atoms in total. The first-order valence-corrected chi connectivity index (χ1v) is 9.65. The van der Waals surface area contributed by atoms with Gasteiger partial charge in [0.2, 0.25) is 0 Å². The Morgan fingerprint density at radius 2 is 1.96 bits per heavy atom. The lowest BCUT2D eigenvalue weighted by atomic mass is 9.97. The number of hydrogen-bond acceptors (Lipinski definition) is 5. The fraction of sp³-hybridized carbons (Fsp3) is 0.429. The minimum absolute atomic E-state index is 0.720. The van der Waals surface area contributed by atoms with Crippen LogP contribution in [-0.4, -0.2) is 60.3 Å². The van der Waals surface area contributed by atoms with Gasteiger partial charge in [0.25, 0.3) is 0 Å². The summed E-state index contributed by atoms with van der Waals surface area (Å²) < 4.78 is 1.94. The van der Waals surface area contributed by atoms with Crippen LogP contribution in [0.5, 0.6) is 0 Å². The van der Waals surface area contributed by atoms with E-state index < -0.39 is 0 Å². The van der Waals surface area contributed by atoms with Gasteiger partial charge in [-0.25, -0.2) is 9.50 Å². The van der Waals surface area contributed by atoms with Crippen LogP contribution in [0.1, 0.15) is 12.8 Å². The third-order valence-corrected chi connectivity index (χ3v) is 5.43. The molecule has 0 radical (unpaired) electrons. The Labute approximate surface area is 160 Å². The van der Waals surface area contributed by atoms with E-state index in [1.54, 1.807) is 0 Å². The van der Waals surface area contributed by atoms with E-state index in [1.807, 2.05) is 22.8 Å². The van der Waals surface area contributed by atoms with Gasteiger partial charge in [0.15, 0.2) is 5.65 Å². The SMILES string of the molecule is CN1CCC(CNc2ccc3ncc(-c4cccc(N(C)C)c4)n3n2)CC1. The van der Waals surface area contributed by atoms with Crippen LogP contribution in [0.3, 0.4) is 0 Å². The molecule has 4 rings (SSSR count). The summed E-state index contributed by atoms with van der Waals surface area (Å²) in [6.45, 7) is 3.35. The van der Waals surface area contributed by atoms with E-state index in [2.05, 4.69) is 65.5 Å². The van der Waals surface area contributed by atoms with Gasteiger partial charge in [-0.15, -0.1) is 5.10 Å². The molecular formula is C21H28N6. The van der Waals surface area contributed by atoms with Gasteiger partial charge in [0.1, 0.15) is 5.82 Å². The molecule has 1 fully saturated rings. The number of likely N-dealkylation sites (tertiary alicyclic amines) is 1. The minimum atomic E-state index is 0.720. The van der Waals surface area contributed by atoms with E-state index in [4.69, 9.17) is 5.10 Å². The fourth-order valence-corrected chi connectivity index (χ4v) is 3.62. The number of hydrogen-bond donors (Lipinski definition) is 1. The van der Waals surface area contributed by atoms with Gasteiger partial charge in [0, 0.05) is 31.9 Å². The van der Waals surface area contributed by atoms with Crippen molar-refractivity contribution in [3.8, 4) is 11.3 Å². The van der Waals surface area contributed by atoms with Crippen molar-refractivity contribution in [2.45, 2.75) is 12.8 Å². The van der Waals surface area contributed by atoms with Crippen molar-refractivity contribution in [3.05, 3.63) is 42.6 Å². The Kier molecular flexibility index (Phi) is 4.99. The molecule has 1 saturated heterocycles. The number of piperidine rings is 1. The van der Waals surface area contributed by atoms with Crippen LogP contribution in [-0.2, 0) is 0 Å². The molecule has 2 aromatic heterocycles. The predicted octanol–water partition coefficient (Wildman–Crippen LogP) is 3.22. The number of benzene rings is 1. The quantitative estimate of drug-likeness (QED) is 0.753. The van der Waals surface area contributed by atoms with Crippen LogP contribution in [0.4, 0.5) is 11.5 Å². The molecule has 0 spiro atoms. The summed E-state index contributed by atoms with van der Waals surface area (Å²) in [5.74, 6) is 1.63. The van der Waals surface area contributed by atoms with Crippen LogP contribution >= 0.6 is 0 Å². The molecule has 0 atom stereocenters. The minimum Gasteiger partial charge on any atom is -0.378 e. The van der Waals surface area contributed by atoms with Gasteiger partial charge >= 0.3 is 0 Å². The van der Waals surface area contributed by atoms with E-state index >= 15 is 0 Å². The number of fused-ring (bicyclic) bond motifs is 1. The van der Waals surface area contributed by atoms with E-state index in [-0.39, 0.29) is 0 Å². The Morgan fingerprint density at radius 3 is 2.74 bits per heavy atom. The molecule has 0 unspecified atom stereocenters. The Balaban J connectivity index is 1.55. The standard InChI is InChI=1S/C21H28N6/c1-25(2)18-6-4-5-17(13-18)19-15-23-21-8-7-20(24-27(19)21)22-14-16-9-11-26(3)12-10-16/h4-8,13,15-16H,9-12,14H2,1-3H3,(H,22,24). The molecule has 1 aliphatic rings.